The molecule has 0 bridgehead atoms. The Labute approximate surface area is 786 Å². The van der Waals surface area contributed by atoms with E-state index in [1.54, 1.807) is 12.4 Å². The topological polar surface area (TPSA) is 51.6 Å². The van der Waals surface area contributed by atoms with Gasteiger partial charge in [0.25, 0.3) is 0 Å². The van der Waals surface area contributed by atoms with E-state index in [0.29, 0.717) is 0 Å². The minimum atomic E-state index is -0.0800. The largest absolute Gasteiger partial charge is 0.265 e. The fraction of sp³-hybridized carbons (Fsp3) is 0.0687. The monoisotopic (exact) mass is 1720 g/mol. The van der Waals surface area contributed by atoms with E-state index in [0.717, 1.165) is 16.8 Å². The number of pyridine rings is 2. The fourth-order valence-electron chi connectivity index (χ4n) is 23.3. The van der Waals surface area contributed by atoms with Crippen LogP contribution in [-0.2, 0) is 16.2 Å². The Balaban J connectivity index is 0.000000108. The maximum Gasteiger partial charge on any atom is 0.0897 e. The standard InChI is InChI=1S/2C44H31N.C43H30N2/c1-44(2)39-18-8-7-16-36(39)43-37(17-9-19-40(43)44)42-34-15-6-5-14-33(34)41(32-13-10-24-45-27-32)35-23-22-31(26-38(35)42)30-21-20-28-11-3-4-12-29(28)25-30;1-44(2)39-16-8-7-14-36(39)43-37(15-9-17-40(43)44)42-34-13-6-5-12-33(34)41(29-22-24-45-25-23-29)35-21-20-32(27-38(35)42)31-19-18-28-10-3-4-11-30(28)26-31;1-43(2)37-16-8-7-14-34(37)41-35(15-9-17-38(41)43)40-31-12-5-6-13-32(31)42(39-26-44-22-23-45-39)33-21-20-30(25-36(33)40)29-19-18-27-10-3-4-11-28(27)24-29/h2*3-27H,1-2H3;3-26H,1-2H3. The van der Waals surface area contributed by atoms with E-state index in [1.807, 2.05) is 37.1 Å². The predicted molar refractivity (Wildman–Crippen MR) is 570 cm³/mol. The molecule has 4 heteroatoms. The van der Waals surface area contributed by atoms with Gasteiger partial charge in [0.2, 0.25) is 0 Å². The van der Waals surface area contributed by atoms with Crippen molar-refractivity contribution in [3.8, 4) is 134 Å². The van der Waals surface area contributed by atoms with Crippen molar-refractivity contribution in [1.29, 1.82) is 0 Å². The van der Waals surface area contributed by atoms with Crippen molar-refractivity contribution in [2.75, 3.05) is 0 Å². The Morgan fingerprint density at radius 1 is 0.156 bits per heavy atom. The van der Waals surface area contributed by atoms with Gasteiger partial charge in [-0.15, -0.1) is 0 Å². The number of fused-ring (bicyclic) bond motifs is 18. The number of hydrogen-bond acceptors (Lipinski definition) is 4. The van der Waals surface area contributed by atoms with Crippen LogP contribution in [0.2, 0.25) is 0 Å². The summed E-state index contributed by atoms with van der Waals surface area (Å²) in [7, 11) is 0. The third kappa shape index (κ3) is 13.0. The van der Waals surface area contributed by atoms with E-state index in [-0.39, 0.29) is 16.2 Å². The van der Waals surface area contributed by atoms with Crippen LogP contribution in [0.4, 0.5) is 0 Å². The smallest absolute Gasteiger partial charge is 0.0897 e. The summed E-state index contributed by atoms with van der Waals surface area (Å²) in [5.74, 6) is 0. The van der Waals surface area contributed by atoms with Crippen LogP contribution in [0.15, 0.2) is 450 Å². The molecule has 27 rings (SSSR count). The summed E-state index contributed by atoms with van der Waals surface area (Å²) in [4.78, 5) is 18.2. The highest BCUT2D eigenvalue weighted by Gasteiger charge is 2.41. The van der Waals surface area contributed by atoms with E-state index in [1.165, 1.54) is 247 Å². The van der Waals surface area contributed by atoms with Crippen LogP contribution in [0, 0.1) is 0 Å². The molecule has 0 spiro atoms. The molecule has 0 aliphatic heterocycles. The molecular formula is C131H92N4. The maximum absolute atomic E-state index is 4.81. The molecule has 0 saturated carbocycles. The third-order valence-electron chi connectivity index (χ3n) is 29.7. The van der Waals surface area contributed by atoms with Gasteiger partial charge in [0.15, 0.2) is 0 Å². The van der Waals surface area contributed by atoms with Crippen molar-refractivity contribution in [2.45, 2.75) is 57.8 Å². The molecule has 0 radical (unpaired) electrons. The van der Waals surface area contributed by atoms with Gasteiger partial charge >= 0.3 is 0 Å². The van der Waals surface area contributed by atoms with Gasteiger partial charge in [0.1, 0.15) is 0 Å². The number of hydrogen-bond donors (Lipinski definition) is 0. The van der Waals surface area contributed by atoms with Crippen LogP contribution in [0.5, 0.6) is 0 Å². The minimum absolute atomic E-state index is 0.0687. The van der Waals surface area contributed by atoms with E-state index < -0.39 is 0 Å². The molecule has 21 aromatic carbocycles. The summed E-state index contributed by atoms with van der Waals surface area (Å²) in [6, 6.07) is 150. The fourth-order valence-corrected chi connectivity index (χ4v) is 23.3. The summed E-state index contributed by atoms with van der Waals surface area (Å²) < 4.78 is 0. The van der Waals surface area contributed by atoms with Crippen molar-refractivity contribution in [3.63, 3.8) is 0 Å². The summed E-state index contributed by atoms with van der Waals surface area (Å²) in [5.41, 5.74) is 38.0. The van der Waals surface area contributed by atoms with Crippen molar-refractivity contribution < 1.29 is 0 Å². The summed E-state index contributed by atoms with van der Waals surface area (Å²) in [6.45, 7) is 14.2. The van der Waals surface area contributed by atoms with Crippen LogP contribution in [-0.4, -0.2) is 19.9 Å². The number of nitrogens with zero attached hydrogens (tertiary/aromatic N) is 4. The summed E-state index contributed by atoms with van der Waals surface area (Å²) >= 11 is 0. The molecule has 3 aliphatic carbocycles. The number of aromatic nitrogens is 4. The van der Waals surface area contributed by atoms with E-state index in [2.05, 4.69) is 457 Å². The van der Waals surface area contributed by atoms with Crippen LogP contribution in [0.25, 0.3) is 231 Å². The van der Waals surface area contributed by atoms with Gasteiger partial charge in [-0.3, -0.25) is 19.9 Å². The van der Waals surface area contributed by atoms with Gasteiger partial charge in [0, 0.05) is 64.6 Å². The lowest BCUT2D eigenvalue weighted by molar-refractivity contribution is 0.660. The highest BCUT2D eigenvalue weighted by molar-refractivity contribution is 6.27. The first-order valence-corrected chi connectivity index (χ1v) is 47.0. The van der Waals surface area contributed by atoms with Crippen LogP contribution in [0.1, 0.15) is 74.9 Å². The lowest BCUT2D eigenvalue weighted by Crippen LogP contribution is -2.14. The third-order valence-corrected chi connectivity index (χ3v) is 29.7. The van der Waals surface area contributed by atoms with Crippen molar-refractivity contribution in [3.05, 3.63) is 483 Å². The Bertz CT molecular complexity index is 8180. The second-order valence-electron chi connectivity index (χ2n) is 38.1. The van der Waals surface area contributed by atoms with E-state index in [9.17, 15) is 0 Å². The zero-order chi connectivity index (χ0) is 90.4. The van der Waals surface area contributed by atoms with Crippen LogP contribution < -0.4 is 0 Å². The zero-order valence-electron chi connectivity index (χ0n) is 76.0. The van der Waals surface area contributed by atoms with Gasteiger partial charge in [-0.1, -0.05) is 393 Å². The quantitative estimate of drug-likeness (QED) is 0.135. The van der Waals surface area contributed by atoms with Crippen LogP contribution in [0.3, 0.4) is 0 Å². The molecule has 3 aliphatic rings. The molecule has 0 saturated heterocycles. The molecule has 636 valence electrons. The first-order valence-electron chi connectivity index (χ1n) is 47.0. The average Bonchev–Trinajstić information content (AvgIpc) is 1.55. The molecule has 0 amide bonds. The predicted octanol–water partition coefficient (Wildman–Crippen LogP) is 34.9. The number of benzene rings is 21. The van der Waals surface area contributed by atoms with Crippen molar-refractivity contribution in [2.24, 2.45) is 0 Å². The summed E-state index contributed by atoms with van der Waals surface area (Å²) in [6.07, 6.45) is 13.1. The van der Waals surface area contributed by atoms with Gasteiger partial charge in [0.05, 0.1) is 11.9 Å². The molecule has 135 heavy (non-hydrogen) atoms. The van der Waals surface area contributed by atoms with Gasteiger partial charge < -0.3 is 0 Å². The summed E-state index contributed by atoms with van der Waals surface area (Å²) in [5, 5.41) is 22.4. The van der Waals surface area contributed by atoms with E-state index >= 15 is 0 Å². The highest BCUT2D eigenvalue weighted by Crippen LogP contribution is 2.60. The van der Waals surface area contributed by atoms with Gasteiger partial charge in [-0.25, -0.2) is 0 Å². The Kier molecular flexibility index (Phi) is 19.0. The number of rotatable bonds is 9. The first kappa shape index (κ1) is 80.4. The molecule has 0 N–H and O–H groups in total. The minimum Gasteiger partial charge on any atom is -0.265 e. The molecule has 3 aromatic heterocycles. The SMILES string of the molecule is CC1(C)c2ccccc2-c2c(-c3c4ccccc4c(-c4cccnc4)c4ccc(-c5ccc6ccccc6c5)cc34)cccc21.CC1(C)c2ccccc2-c2c(-c3c4ccccc4c(-c4ccncc4)c4ccc(-c5ccc6ccccc6c5)cc34)cccc21.CC1(C)c2ccccc2-c2c(-c3c4ccccc4c(-c4cnccn4)c4ccc(-c5ccc6ccccc6c5)cc34)cccc21. The van der Waals surface area contributed by atoms with Gasteiger partial charge in [-0.2, -0.15) is 0 Å². The molecule has 0 fully saturated rings. The second kappa shape index (κ2) is 31.8. The first-order chi connectivity index (χ1) is 66.3. The normalized spacial score (nSPS) is 13.3. The molecule has 0 atom stereocenters. The molecule has 24 aromatic rings. The lowest BCUT2D eigenvalue weighted by Gasteiger charge is -2.23. The molecule has 4 nitrogen and oxygen atoms in total. The van der Waals surface area contributed by atoms with E-state index in [4.69, 9.17) is 4.98 Å². The second-order valence-corrected chi connectivity index (χ2v) is 38.1. The highest BCUT2D eigenvalue weighted by atomic mass is 14.8. The molecule has 0 unspecified atom stereocenters. The van der Waals surface area contributed by atoms with Crippen LogP contribution >= 0.6 is 0 Å². The maximum atomic E-state index is 4.81. The van der Waals surface area contributed by atoms with Gasteiger partial charge in [-0.05, 0) is 302 Å². The zero-order valence-corrected chi connectivity index (χ0v) is 76.0. The lowest BCUT2D eigenvalue weighted by atomic mass is 9.80. The Morgan fingerprint density at radius 3 is 0.822 bits per heavy atom. The average molecular weight is 1720 g/mol. The van der Waals surface area contributed by atoms with Crippen molar-refractivity contribution in [1.82, 2.24) is 19.9 Å². The Morgan fingerprint density at radius 2 is 0.452 bits per heavy atom. The Hall–Kier alpha value is -16.7. The molecular weight excluding hydrogens is 1630 g/mol. The van der Waals surface area contributed by atoms with Crippen molar-refractivity contribution >= 4 is 97.0 Å². The molecule has 3 heterocycles.